The zero-order valence-electron chi connectivity index (χ0n) is 21.4. The fourth-order valence-electron chi connectivity index (χ4n) is 4.38. The molecule has 0 saturated carbocycles. The summed E-state index contributed by atoms with van der Waals surface area (Å²) >= 11 is 1.45. The Balaban J connectivity index is 1.56. The second-order valence-electron chi connectivity index (χ2n) is 9.06. The van der Waals surface area contributed by atoms with Crippen LogP contribution in [0.4, 0.5) is 23.0 Å². The summed E-state index contributed by atoms with van der Waals surface area (Å²) in [5, 5.41) is 19.9. The Morgan fingerprint density at radius 3 is 2.73 bits per heavy atom. The number of nitrogens with zero attached hydrogens (tertiary/aromatic N) is 4. The van der Waals surface area contributed by atoms with Gasteiger partial charge in [-0.05, 0) is 62.1 Å². The van der Waals surface area contributed by atoms with Crippen LogP contribution in [0.2, 0.25) is 0 Å². The number of amides is 1. The van der Waals surface area contributed by atoms with Gasteiger partial charge in [-0.3, -0.25) is 4.79 Å². The van der Waals surface area contributed by atoms with E-state index < -0.39 is 0 Å². The van der Waals surface area contributed by atoms with Crippen molar-refractivity contribution in [3.8, 4) is 5.69 Å². The highest BCUT2D eigenvalue weighted by Gasteiger charge is 2.20. The van der Waals surface area contributed by atoms with Crippen molar-refractivity contribution in [2.75, 3.05) is 52.2 Å². The lowest BCUT2D eigenvalue weighted by Gasteiger charge is -2.30. The zero-order valence-corrected chi connectivity index (χ0v) is 22.3. The molecular weight excluding hydrogens is 486 g/mol. The first-order chi connectivity index (χ1) is 18.2. The fraction of sp³-hybridized carbons (Fsp3) is 0.444. The van der Waals surface area contributed by atoms with Crippen molar-refractivity contribution in [2.45, 2.75) is 45.4 Å². The van der Waals surface area contributed by atoms with E-state index in [4.69, 9.17) is 10.1 Å². The molecule has 1 aromatic carbocycles. The number of aromatic nitrogens is 3. The Labute approximate surface area is 223 Å². The smallest absolute Gasteiger partial charge is 0.258 e. The number of hydrogen-bond donors (Lipinski definition) is 4. The number of rotatable bonds is 13. The second kappa shape index (κ2) is 13.9. The Morgan fingerprint density at radius 2 is 1.97 bits per heavy atom. The maximum Gasteiger partial charge on any atom is 0.258 e. The topological polar surface area (TPSA) is 107 Å². The number of benzene rings is 1. The van der Waals surface area contributed by atoms with E-state index in [-0.39, 0.29) is 12.5 Å². The number of carbonyl (C=O) groups is 1. The molecule has 10 heteroatoms. The number of carbonyl (C=O) groups excluding carboxylic acids is 1. The highest BCUT2D eigenvalue weighted by molar-refractivity contribution is 8.00. The molecule has 1 aliphatic rings. The first-order valence-corrected chi connectivity index (χ1v) is 14.1. The van der Waals surface area contributed by atoms with Crippen LogP contribution in [0.15, 0.2) is 48.8 Å². The molecule has 4 rings (SSSR count). The molecule has 1 fully saturated rings. The number of aliphatic hydroxyl groups excluding tert-OH is 1. The second-order valence-corrected chi connectivity index (χ2v) is 9.96. The van der Waals surface area contributed by atoms with E-state index in [0.717, 1.165) is 68.8 Å². The molecule has 37 heavy (non-hydrogen) atoms. The van der Waals surface area contributed by atoms with Crippen molar-refractivity contribution in [1.29, 1.82) is 0 Å². The van der Waals surface area contributed by atoms with E-state index in [1.54, 1.807) is 10.9 Å². The third-order valence-corrected chi connectivity index (χ3v) is 7.03. The monoisotopic (exact) mass is 523 g/mol. The molecule has 0 radical (unpaired) electrons. The lowest BCUT2D eigenvalue weighted by Crippen LogP contribution is -2.31. The van der Waals surface area contributed by atoms with Crippen LogP contribution in [0, 0.1) is 0 Å². The van der Waals surface area contributed by atoms with E-state index in [0.29, 0.717) is 23.0 Å². The Morgan fingerprint density at radius 1 is 1.11 bits per heavy atom. The van der Waals surface area contributed by atoms with Crippen molar-refractivity contribution < 1.29 is 9.90 Å². The van der Waals surface area contributed by atoms with Crippen molar-refractivity contribution in [2.24, 2.45) is 0 Å². The lowest BCUT2D eigenvalue weighted by molar-refractivity contribution is 0.102. The highest BCUT2D eigenvalue weighted by atomic mass is 32.2. The van der Waals surface area contributed by atoms with Gasteiger partial charge in [0.25, 0.3) is 5.91 Å². The van der Waals surface area contributed by atoms with Crippen molar-refractivity contribution in [1.82, 2.24) is 14.8 Å². The number of aliphatic hydroxyl groups is 1. The number of anilines is 4. The number of hydrogen-bond acceptors (Lipinski definition) is 8. The van der Waals surface area contributed by atoms with Crippen LogP contribution in [0.5, 0.6) is 0 Å². The normalized spacial score (nSPS) is 13.4. The van der Waals surface area contributed by atoms with Crippen LogP contribution >= 0.6 is 11.9 Å². The van der Waals surface area contributed by atoms with Gasteiger partial charge in [0.05, 0.1) is 17.9 Å². The van der Waals surface area contributed by atoms with Gasteiger partial charge >= 0.3 is 0 Å². The summed E-state index contributed by atoms with van der Waals surface area (Å²) in [5.74, 6) is 1.58. The van der Waals surface area contributed by atoms with Crippen molar-refractivity contribution >= 4 is 40.9 Å². The van der Waals surface area contributed by atoms with Crippen LogP contribution in [0.1, 0.15) is 55.8 Å². The summed E-state index contributed by atoms with van der Waals surface area (Å²) in [6.45, 7) is 4.94. The van der Waals surface area contributed by atoms with Crippen LogP contribution in [0.3, 0.4) is 0 Å². The Bertz CT molecular complexity index is 1130. The van der Waals surface area contributed by atoms with Crippen molar-refractivity contribution in [3.63, 3.8) is 0 Å². The minimum Gasteiger partial charge on any atom is -0.395 e. The maximum atomic E-state index is 13.5. The number of nitrogens with one attached hydrogen (secondary N) is 3. The van der Waals surface area contributed by atoms with Crippen LogP contribution in [0.25, 0.3) is 5.69 Å². The molecule has 0 aliphatic carbocycles. The van der Waals surface area contributed by atoms with Gasteiger partial charge < -0.3 is 25.4 Å². The average molecular weight is 524 g/mol. The van der Waals surface area contributed by atoms with E-state index in [2.05, 4.69) is 32.3 Å². The summed E-state index contributed by atoms with van der Waals surface area (Å²) < 4.78 is 5.04. The quantitative estimate of drug-likeness (QED) is 0.180. The number of pyridine rings is 1. The predicted molar refractivity (Wildman–Crippen MR) is 153 cm³/mol. The van der Waals surface area contributed by atoms with E-state index in [9.17, 15) is 4.79 Å². The summed E-state index contributed by atoms with van der Waals surface area (Å²) in [7, 11) is 0. The van der Waals surface area contributed by atoms with Crippen LogP contribution in [-0.2, 0) is 0 Å². The van der Waals surface area contributed by atoms with Gasteiger partial charge in [0.15, 0.2) is 5.82 Å². The van der Waals surface area contributed by atoms with Crippen LogP contribution in [-0.4, -0.2) is 57.8 Å². The van der Waals surface area contributed by atoms with E-state index in [1.807, 2.05) is 42.6 Å². The zero-order chi connectivity index (χ0) is 25.9. The van der Waals surface area contributed by atoms with Gasteiger partial charge in [0.2, 0.25) is 0 Å². The molecule has 3 heterocycles. The molecule has 3 aromatic rings. The highest BCUT2D eigenvalue weighted by Crippen LogP contribution is 2.30. The molecule has 0 bridgehead atoms. The standard InChI is InChI=1S/C27H37N7O2S/c1-2-3-5-13-28-26-23(34-17-8-14-29-34)11-12-25(30-26)31-27(36)22-10-9-21(32-37-19-18-35)20-24(22)33-15-6-4-7-16-33/h8-12,14,17,20,32,35H,2-7,13,15-16,18-19H2,1H3,(H2,28,30,31,36). The van der Waals surface area contributed by atoms with Gasteiger partial charge in [-0.25, -0.2) is 9.67 Å². The minimum absolute atomic E-state index is 0.110. The van der Waals surface area contributed by atoms with E-state index >= 15 is 0 Å². The molecule has 0 spiro atoms. The Hall–Kier alpha value is -3.24. The van der Waals surface area contributed by atoms with Gasteiger partial charge in [-0.2, -0.15) is 5.10 Å². The molecule has 2 aromatic heterocycles. The molecular formula is C27H37N7O2S. The number of piperidine rings is 1. The molecule has 0 atom stereocenters. The van der Waals surface area contributed by atoms with Gasteiger partial charge in [-0.15, -0.1) is 0 Å². The lowest BCUT2D eigenvalue weighted by atomic mass is 10.1. The van der Waals surface area contributed by atoms with E-state index in [1.165, 1.54) is 18.4 Å². The van der Waals surface area contributed by atoms with Gasteiger partial charge in [-0.1, -0.05) is 31.7 Å². The van der Waals surface area contributed by atoms with Gasteiger partial charge in [0.1, 0.15) is 11.5 Å². The van der Waals surface area contributed by atoms with Crippen LogP contribution < -0.4 is 20.3 Å². The average Bonchev–Trinajstić information content (AvgIpc) is 3.47. The molecule has 9 nitrogen and oxygen atoms in total. The molecule has 4 N–H and O–H groups in total. The summed E-state index contributed by atoms with van der Waals surface area (Å²) in [4.78, 5) is 20.5. The molecule has 1 amide bonds. The Kier molecular flexibility index (Phi) is 10.1. The summed E-state index contributed by atoms with van der Waals surface area (Å²) in [5.41, 5.74) is 3.29. The summed E-state index contributed by atoms with van der Waals surface area (Å²) in [6.07, 6.45) is 10.4. The SMILES string of the molecule is CCCCCNc1nc(NC(=O)c2ccc(NSCCO)cc2N2CCCCC2)ccc1-n1cccn1. The first kappa shape index (κ1) is 26.8. The third kappa shape index (κ3) is 7.39. The maximum absolute atomic E-state index is 13.5. The first-order valence-electron chi connectivity index (χ1n) is 13.1. The third-order valence-electron chi connectivity index (χ3n) is 6.26. The predicted octanol–water partition coefficient (Wildman–Crippen LogP) is 5.16. The molecule has 0 unspecified atom stereocenters. The largest absolute Gasteiger partial charge is 0.395 e. The molecule has 1 saturated heterocycles. The minimum atomic E-state index is -0.189. The van der Waals surface area contributed by atoms with Crippen molar-refractivity contribution in [3.05, 3.63) is 54.4 Å². The molecule has 1 aliphatic heterocycles. The summed E-state index contributed by atoms with van der Waals surface area (Å²) in [6, 6.07) is 11.4. The fourth-order valence-corrected chi connectivity index (χ4v) is 4.86. The van der Waals surface area contributed by atoms with Gasteiger partial charge in [0, 0.05) is 43.5 Å². The number of unbranched alkanes of at least 4 members (excludes halogenated alkanes) is 2. The molecule has 198 valence electrons.